The van der Waals surface area contributed by atoms with Crippen molar-refractivity contribution in [2.75, 3.05) is 11.4 Å². The summed E-state index contributed by atoms with van der Waals surface area (Å²) in [5, 5.41) is 11.4. The van der Waals surface area contributed by atoms with Gasteiger partial charge in [0.15, 0.2) is 0 Å². The predicted molar refractivity (Wildman–Crippen MR) is 79.8 cm³/mol. The van der Waals surface area contributed by atoms with Gasteiger partial charge in [-0.3, -0.25) is 10.1 Å². The fourth-order valence-electron chi connectivity index (χ4n) is 2.01. The van der Waals surface area contributed by atoms with Crippen molar-refractivity contribution in [3.63, 3.8) is 0 Å². The number of aromatic nitrogens is 1. The van der Waals surface area contributed by atoms with Gasteiger partial charge < -0.3 is 4.90 Å². The minimum atomic E-state index is -0.447. The van der Waals surface area contributed by atoms with Gasteiger partial charge in [-0.05, 0) is 37.6 Å². The zero-order chi connectivity index (χ0) is 14.7. The number of halogens is 1. The quantitative estimate of drug-likeness (QED) is 0.483. The minimum absolute atomic E-state index is 0.0576. The maximum Gasteiger partial charge on any atom is 0.312 e. The highest BCUT2D eigenvalue weighted by Gasteiger charge is 2.22. The van der Waals surface area contributed by atoms with Gasteiger partial charge in [0.2, 0.25) is 5.82 Å². The van der Waals surface area contributed by atoms with Gasteiger partial charge in [-0.15, -0.1) is 0 Å². The standard InChI is InChI=1S/C14H14ClN3O2/c1-3-17(11-6-4-5-10(2)9-11)14-12(18(19)20)7-8-13(15)16-14/h4-9H,3H2,1-2H3. The Morgan fingerprint density at radius 1 is 1.35 bits per heavy atom. The highest BCUT2D eigenvalue weighted by molar-refractivity contribution is 6.29. The van der Waals surface area contributed by atoms with Gasteiger partial charge in [0.25, 0.3) is 0 Å². The maximum absolute atomic E-state index is 11.1. The first kappa shape index (κ1) is 14.3. The molecule has 1 aromatic carbocycles. The zero-order valence-electron chi connectivity index (χ0n) is 11.2. The summed E-state index contributed by atoms with van der Waals surface area (Å²) in [7, 11) is 0. The minimum Gasteiger partial charge on any atom is -0.321 e. The van der Waals surface area contributed by atoms with E-state index < -0.39 is 4.92 Å². The lowest BCUT2D eigenvalue weighted by Gasteiger charge is -2.22. The second-order valence-corrected chi connectivity index (χ2v) is 4.70. The lowest BCUT2D eigenvalue weighted by atomic mass is 10.2. The third-order valence-electron chi connectivity index (χ3n) is 2.90. The summed E-state index contributed by atoms with van der Waals surface area (Å²) in [6.07, 6.45) is 0. The molecular weight excluding hydrogens is 278 g/mol. The van der Waals surface area contributed by atoms with Crippen LogP contribution in [0.5, 0.6) is 0 Å². The predicted octanol–water partition coefficient (Wildman–Crippen LogP) is 4.11. The molecule has 0 unspecified atom stereocenters. The average molecular weight is 292 g/mol. The number of rotatable bonds is 4. The van der Waals surface area contributed by atoms with Crippen LogP contribution in [0.3, 0.4) is 0 Å². The van der Waals surface area contributed by atoms with Crippen LogP contribution in [0.2, 0.25) is 5.15 Å². The highest BCUT2D eigenvalue weighted by Crippen LogP contribution is 2.33. The molecule has 104 valence electrons. The molecule has 0 aliphatic heterocycles. The molecule has 0 atom stereocenters. The highest BCUT2D eigenvalue weighted by atomic mass is 35.5. The molecule has 0 spiro atoms. The second kappa shape index (κ2) is 5.88. The number of benzene rings is 1. The van der Waals surface area contributed by atoms with Crippen LogP contribution < -0.4 is 4.90 Å². The van der Waals surface area contributed by atoms with Crippen LogP contribution in [0.15, 0.2) is 36.4 Å². The summed E-state index contributed by atoms with van der Waals surface area (Å²) >= 11 is 5.88. The van der Waals surface area contributed by atoms with E-state index in [9.17, 15) is 10.1 Å². The van der Waals surface area contributed by atoms with E-state index in [2.05, 4.69) is 4.98 Å². The Morgan fingerprint density at radius 2 is 2.10 bits per heavy atom. The Balaban J connectivity index is 2.57. The average Bonchev–Trinajstić information content (AvgIpc) is 2.39. The third-order valence-corrected chi connectivity index (χ3v) is 3.11. The van der Waals surface area contributed by atoms with Gasteiger partial charge in [0.1, 0.15) is 5.15 Å². The fraction of sp³-hybridized carbons (Fsp3) is 0.214. The SMILES string of the molecule is CCN(c1cccc(C)c1)c1nc(Cl)ccc1[N+](=O)[O-]. The van der Waals surface area contributed by atoms with Crippen molar-refractivity contribution in [1.29, 1.82) is 0 Å². The Hall–Kier alpha value is -2.14. The molecule has 6 heteroatoms. The van der Waals surface area contributed by atoms with Crippen LogP contribution in [-0.2, 0) is 0 Å². The summed E-state index contributed by atoms with van der Waals surface area (Å²) in [6, 6.07) is 10.5. The van der Waals surface area contributed by atoms with Crippen LogP contribution in [-0.4, -0.2) is 16.5 Å². The van der Waals surface area contributed by atoms with E-state index in [0.29, 0.717) is 6.54 Å². The summed E-state index contributed by atoms with van der Waals surface area (Å²) < 4.78 is 0. The van der Waals surface area contributed by atoms with Crippen molar-refractivity contribution in [2.24, 2.45) is 0 Å². The molecule has 1 aromatic heterocycles. The molecule has 0 aliphatic carbocycles. The Kier molecular flexibility index (Phi) is 4.20. The Labute approximate surface area is 122 Å². The van der Waals surface area contributed by atoms with Crippen molar-refractivity contribution < 1.29 is 4.92 Å². The molecule has 2 rings (SSSR count). The second-order valence-electron chi connectivity index (χ2n) is 4.32. The number of hydrogen-bond donors (Lipinski definition) is 0. The van der Waals surface area contributed by atoms with Gasteiger partial charge in [-0.1, -0.05) is 23.7 Å². The molecule has 0 fully saturated rings. The number of nitrogens with zero attached hydrogens (tertiary/aromatic N) is 3. The summed E-state index contributed by atoms with van der Waals surface area (Å²) in [5.41, 5.74) is 1.87. The normalized spacial score (nSPS) is 10.3. The summed E-state index contributed by atoms with van der Waals surface area (Å²) in [5.74, 6) is 0.260. The molecule has 0 saturated heterocycles. The number of nitro groups is 1. The molecule has 5 nitrogen and oxygen atoms in total. The molecule has 0 amide bonds. The molecule has 0 saturated carbocycles. The van der Waals surface area contributed by atoms with Crippen molar-refractivity contribution in [3.8, 4) is 0 Å². The van der Waals surface area contributed by atoms with E-state index in [4.69, 9.17) is 11.6 Å². The van der Waals surface area contributed by atoms with Gasteiger partial charge in [-0.25, -0.2) is 4.98 Å². The van der Waals surface area contributed by atoms with Crippen molar-refractivity contribution in [3.05, 3.63) is 57.2 Å². The van der Waals surface area contributed by atoms with Crippen LogP contribution in [0, 0.1) is 17.0 Å². The molecule has 20 heavy (non-hydrogen) atoms. The first-order valence-corrected chi connectivity index (χ1v) is 6.56. The molecule has 0 N–H and O–H groups in total. The topological polar surface area (TPSA) is 59.3 Å². The summed E-state index contributed by atoms with van der Waals surface area (Å²) in [4.78, 5) is 16.6. The van der Waals surface area contributed by atoms with Crippen molar-refractivity contribution >= 4 is 28.8 Å². The van der Waals surface area contributed by atoms with Gasteiger partial charge in [0, 0.05) is 18.3 Å². The number of pyridine rings is 1. The number of aryl methyl sites for hydroxylation is 1. The monoisotopic (exact) mass is 291 g/mol. The largest absolute Gasteiger partial charge is 0.321 e. The van der Waals surface area contributed by atoms with Gasteiger partial charge >= 0.3 is 5.69 Å². The Morgan fingerprint density at radius 3 is 2.70 bits per heavy atom. The fourth-order valence-corrected chi connectivity index (χ4v) is 2.15. The van der Waals surface area contributed by atoms with E-state index in [0.717, 1.165) is 11.3 Å². The maximum atomic E-state index is 11.1. The van der Waals surface area contributed by atoms with Crippen molar-refractivity contribution in [1.82, 2.24) is 4.98 Å². The lowest BCUT2D eigenvalue weighted by Crippen LogP contribution is -2.19. The van der Waals surface area contributed by atoms with Gasteiger partial charge in [0.05, 0.1) is 4.92 Å². The van der Waals surface area contributed by atoms with Crippen LogP contribution in [0.4, 0.5) is 17.2 Å². The van der Waals surface area contributed by atoms with Crippen molar-refractivity contribution in [2.45, 2.75) is 13.8 Å². The number of hydrogen-bond acceptors (Lipinski definition) is 4. The van der Waals surface area contributed by atoms with E-state index in [1.54, 1.807) is 4.90 Å². The van der Waals surface area contributed by atoms with E-state index in [-0.39, 0.29) is 16.7 Å². The summed E-state index contributed by atoms with van der Waals surface area (Å²) in [6.45, 7) is 4.43. The van der Waals surface area contributed by atoms with Crippen LogP contribution >= 0.6 is 11.6 Å². The molecule has 0 bridgehead atoms. The van der Waals surface area contributed by atoms with E-state index in [1.807, 2.05) is 38.1 Å². The molecule has 2 aromatic rings. The lowest BCUT2D eigenvalue weighted by molar-refractivity contribution is -0.384. The molecule has 0 aliphatic rings. The van der Waals surface area contributed by atoms with Crippen LogP contribution in [0.1, 0.15) is 12.5 Å². The molecular formula is C14H14ClN3O2. The van der Waals surface area contributed by atoms with Gasteiger partial charge in [-0.2, -0.15) is 0 Å². The number of anilines is 2. The first-order chi connectivity index (χ1) is 9.52. The smallest absolute Gasteiger partial charge is 0.312 e. The third kappa shape index (κ3) is 2.88. The van der Waals surface area contributed by atoms with Crippen LogP contribution in [0.25, 0.3) is 0 Å². The first-order valence-electron chi connectivity index (χ1n) is 6.18. The van der Waals surface area contributed by atoms with E-state index in [1.165, 1.54) is 12.1 Å². The molecule has 1 heterocycles. The Bertz CT molecular complexity index is 646. The molecule has 0 radical (unpaired) electrons. The van der Waals surface area contributed by atoms with E-state index >= 15 is 0 Å². The zero-order valence-corrected chi connectivity index (χ0v) is 12.0.